The zero-order valence-electron chi connectivity index (χ0n) is 16.9. The lowest BCUT2D eigenvalue weighted by molar-refractivity contribution is -0.119. The monoisotopic (exact) mass is 487 g/mol. The number of benzene rings is 2. The number of nitrogens with zero attached hydrogens (tertiary/aromatic N) is 3. The van der Waals surface area contributed by atoms with E-state index in [1.165, 1.54) is 18.8 Å². The van der Waals surface area contributed by atoms with Crippen molar-refractivity contribution in [3.05, 3.63) is 58.1 Å². The number of aromatic nitrogens is 3. The third-order valence-electron chi connectivity index (χ3n) is 4.24. The second-order valence-corrected chi connectivity index (χ2v) is 8.70. The predicted molar refractivity (Wildman–Crippen MR) is 122 cm³/mol. The summed E-state index contributed by atoms with van der Waals surface area (Å²) < 4.78 is 2.99. The second kappa shape index (κ2) is 9.90. The third kappa shape index (κ3) is 5.48. The molecular weight excluding hydrogens is 466 g/mol. The smallest absolute Gasteiger partial charge is 0.321 e. The van der Waals surface area contributed by atoms with Crippen molar-refractivity contribution in [3.8, 4) is 17.1 Å². The summed E-state index contributed by atoms with van der Waals surface area (Å²) in [7, 11) is 1.47. The van der Waals surface area contributed by atoms with Gasteiger partial charge >= 0.3 is 6.03 Å². The van der Waals surface area contributed by atoms with E-state index in [9.17, 15) is 9.59 Å². The van der Waals surface area contributed by atoms with E-state index in [2.05, 4.69) is 68.8 Å². The fourth-order valence-corrected chi connectivity index (χ4v) is 4.10. The van der Waals surface area contributed by atoms with Crippen LogP contribution in [0.1, 0.15) is 17.5 Å². The van der Waals surface area contributed by atoms with Crippen molar-refractivity contribution >= 4 is 39.6 Å². The van der Waals surface area contributed by atoms with Crippen LogP contribution in [0.5, 0.6) is 0 Å². The minimum absolute atomic E-state index is 0.186. The summed E-state index contributed by atoms with van der Waals surface area (Å²) in [5.74, 6) is 0.851. The van der Waals surface area contributed by atoms with Gasteiger partial charge in [-0.1, -0.05) is 45.9 Å². The number of hydrogen-bond donors (Lipinski definition) is 2. The van der Waals surface area contributed by atoms with Crippen LogP contribution in [0.4, 0.5) is 4.79 Å². The fraction of sp³-hybridized carbons (Fsp3) is 0.238. The van der Waals surface area contributed by atoms with Gasteiger partial charge in [0.1, 0.15) is 0 Å². The molecule has 2 aromatic carbocycles. The molecule has 9 heteroatoms. The highest BCUT2D eigenvalue weighted by Crippen LogP contribution is 2.30. The van der Waals surface area contributed by atoms with Gasteiger partial charge in [0.05, 0.1) is 5.69 Å². The van der Waals surface area contributed by atoms with Crippen molar-refractivity contribution in [2.45, 2.75) is 25.4 Å². The topological polar surface area (TPSA) is 88.9 Å². The SMILES string of the molecule is CNC(=O)NC(=O)CCSc1nnc(-c2ccc(Br)cc2)n1-c1cc(C)cc(C)c1. The van der Waals surface area contributed by atoms with Crippen LogP contribution in [0.25, 0.3) is 17.1 Å². The summed E-state index contributed by atoms with van der Waals surface area (Å²) in [6.45, 7) is 4.10. The van der Waals surface area contributed by atoms with E-state index >= 15 is 0 Å². The molecule has 0 spiro atoms. The number of hydrogen-bond acceptors (Lipinski definition) is 5. The molecule has 1 aromatic heterocycles. The molecule has 2 N–H and O–H groups in total. The van der Waals surface area contributed by atoms with Crippen molar-refractivity contribution in [1.82, 2.24) is 25.4 Å². The molecule has 0 radical (unpaired) electrons. The lowest BCUT2D eigenvalue weighted by Crippen LogP contribution is -2.37. The Bertz CT molecular complexity index is 1050. The number of thioether (sulfide) groups is 1. The lowest BCUT2D eigenvalue weighted by Gasteiger charge is -2.12. The Balaban J connectivity index is 1.90. The Hall–Kier alpha value is -2.65. The maximum Gasteiger partial charge on any atom is 0.321 e. The molecule has 156 valence electrons. The summed E-state index contributed by atoms with van der Waals surface area (Å²) in [5, 5.41) is 14.1. The molecule has 0 atom stereocenters. The molecule has 0 saturated carbocycles. The van der Waals surface area contributed by atoms with Gasteiger partial charge < -0.3 is 5.32 Å². The Labute approximate surface area is 187 Å². The van der Waals surface area contributed by atoms with Gasteiger partial charge in [-0.15, -0.1) is 10.2 Å². The van der Waals surface area contributed by atoms with Crippen LogP contribution in [0.3, 0.4) is 0 Å². The summed E-state index contributed by atoms with van der Waals surface area (Å²) >= 11 is 4.89. The van der Waals surface area contributed by atoms with Crippen LogP contribution in [-0.2, 0) is 4.79 Å². The molecule has 0 aliphatic heterocycles. The molecule has 3 rings (SSSR count). The number of carbonyl (C=O) groups excluding carboxylic acids is 2. The number of nitrogens with one attached hydrogen (secondary N) is 2. The van der Waals surface area contributed by atoms with E-state index in [4.69, 9.17) is 0 Å². The lowest BCUT2D eigenvalue weighted by atomic mass is 10.1. The van der Waals surface area contributed by atoms with Crippen LogP contribution in [0, 0.1) is 13.8 Å². The van der Waals surface area contributed by atoms with E-state index < -0.39 is 6.03 Å². The van der Waals surface area contributed by atoms with E-state index in [1.54, 1.807) is 0 Å². The quantitative estimate of drug-likeness (QED) is 0.507. The van der Waals surface area contributed by atoms with Crippen LogP contribution >= 0.6 is 27.7 Å². The number of imide groups is 1. The molecule has 0 saturated heterocycles. The first-order valence-corrected chi connectivity index (χ1v) is 11.1. The second-order valence-electron chi connectivity index (χ2n) is 6.72. The standard InChI is InChI=1S/C21H22BrN5O2S/c1-13-10-14(2)12-17(11-13)27-19(15-4-6-16(22)7-5-15)25-26-21(27)30-9-8-18(28)24-20(29)23-3/h4-7,10-12H,8-9H2,1-3H3,(H2,23,24,28,29). The predicted octanol–water partition coefficient (Wildman–Crippen LogP) is 4.25. The normalized spacial score (nSPS) is 10.7. The molecule has 0 bridgehead atoms. The molecule has 0 aliphatic carbocycles. The number of rotatable bonds is 6. The molecule has 3 aromatic rings. The highest BCUT2D eigenvalue weighted by atomic mass is 79.9. The molecule has 7 nitrogen and oxygen atoms in total. The van der Waals surface area contributed by atoms with E-state index in [0.29, 0.717) is 10.9 Å². The van der Waals surface area contributed by atoms with Gasteiger partial charge in [0.25, 0.3) is 0 Å². The molecular formula is C21H22BrN5O2S. The molecule has 1 heterocycles. The number of aryl methyl sites for hydroxylation is 2. The molecule has 30 heavy (non-hydrogen) atoms. The van der Waals surface area contributed by atoms with Gasteiger partial charge in [-0.25, -0.2) is 4.79 Å². The van der Waals surface area contributed by atoms with Gasteiger partial charge in [-0.3, -0.25) is 14.7 Å². The first-order chi connectivity index (χ1) is 14.4. The van der Waals surface area contributed by atoms with Crippen molar-refractivity contribution in [2.24, 2.45) is 0 Å². The summed E-state index contributed by atoms with van der Waals surface area (Å²) in [6.07, 6.45) is 0.186. The summed E-state index contributed by atoms with van der Waals surface area (Å²) in [5.41, 5.74) is 4.18. The zero-order chi connectivity index (χ0) is 21.7. The number of carbonyl (C=O) groups is 2. The van der Waals surface area contributed by atoms with Crippen LogP contribution < -0.4 is 10.6 Å². The Kier molecular flexibility index (Phi) is 7.28. The molecule has 0 fully saturated rings. The van der Waals surface area contributed by atoms with Crippen molar-refractivity contribution in [1.29, 1.82) is 0 Å². The molecule has 3 amide bonds. The Morgan fingerprint density at radius 2 is 1.73 bits per heavy atom. The Morgan fingerprint density at radius 1 is 1.07 bits per heavy atom. The number of amides is 3. The first-order valence-electron chi connectivity index (χ1n) is 9.32. The van der Waals surface area contributed by atoms with Crippen molar-refractivity contribution in [2.75, 3.05) is 12.8 Å². The van der Waals surface area contributed by atoms with Crippen LogP contribution in [0.15, 0.2) is 52.1 Å². The van der Waals surface area contributed by atoms with Gasteiger partial charge in [0.2, 0.25) is 5.91 Å². The summed E-state index contributed by atoms with van der Waals surface area (Å²) in [4.78, 5) is 23.1. The third-order valence-corrected chi connectivity index (χ3v) is 5.70. The molecule has 0 aliphatic rings. The first kappa shape index (κ1) is 22.0. The maximum atomic E-state index is 11.9. The maximum absolute atomic E-state index is 11.9. The highest BCUT2D eigenvalue weighted by molar-refractivity contribution is 9.10. The average molecular weight is 488 g/mol. The van der Waals surface area contributed by atoms with Crippen molar-refractivity contribution in [3.63, 3.8) is 0 Å². The van der Waals surface area contributed by atoms with Crippen LogP contribution in [-0.4, -0.2) is 39.5 Å². The number of halogens is 1. The minimum Gasteiger partial charge on any atom is -0.341 e. The van der Waals surface area contributed by atoms with E-state index in [1.807, 2.05) is 28.8 Å². The number of urea groups is 1. The van der Waals surface area contributed by atoms with Gasteiger partial charge in [0.15, 0.2) is 11.0 Å². The van der Waals surface area contributed by atoms with Gasteiger partial charge in [0, 0.05) is 29.3 Å². The van der Waals surface area contributed by atoms with Crippen molar-refractivity contribution < 1.29 is 9.59 Å². The Morgan fingerprint density at radius 3 is 2.37 bits per heavy atom. The summed E-state index contributed by atoms with van der Waals surface area (Å²) in [6, 6.07) is 13.7. The largest absolute Gasteiger partial charge is 0.341 e. The van der Waals surface area contributed by atoms with E-state index in [-0.39, 0.29) is 12.3 Å². The van der Waals surface area contributed by atoms with Crippen LogP contribution in [0.2, 0.25) is 0 Å². The van der Waals surface area contributed by atoms with Gasteiger partial charge in [-0.2, -0.15) is 0 Å². The molecule has 0 unspecified atom stereocenters. The average Bonchev–Trinajstić information content (AvgIpc) is 3.11. The zero-order valence-corrected chi connectivity index (χ0v) is 19.3. The highest BCUT2D eigenvalue weighted by Gasteiger charge is 2.17. The van der Waals surface area contributed by atoms with Gasteiger partial charge in [-0.05, 0) is 49.2 Å². The fourth-order valence-electron chi connectivity index (χ4n) is 2.95. The van der Waals surface area contributed by atoms with E-state index in [0.717, 1.165) is 32.7 Å². The minimum atomic E-state index is -0.513.